The molecule has 0 saturated carbocycles. The summed E-state index contributed by atoms with van der Waals surface area (Å²) in [5.41, 5.74) is 0.762. The Bertz CT molecular complexity index is 1090. The molecule has 28 heavy (non-hydrogen) atoms. The highest BCUT2D eigenvalue weighted by molar-refractivity contribution is 7.91. The molecule has 0 radical (unpaired) electrons. The van der Waals surface area contributed by atoms with Crippen LogP contribution in [0, 0.1) is 0 Å². The highest BCUT2D eigenvalue weighted by atomic mass is 32.2. The third-order valence-corrected chi connectivity index (χ3v) is 8.68. The molecule has 1 N–H and O–H groups in total. The number of nitrogens with zero attached hydrogens (tertiary/aromatic N) is 2. The molecule has 1 atom stereocenters. The largest absolute Gasteiger partial charge is 0.494 e. The molecule has 1 saturated heterocycles. The molecule has 0 spiro atoms. The van der Waals surface area contributed by atoms with Crippen molar-refractivity contribution in [3.63, 3.8) is 0 Å². The minimum atomic E-state index is -3.66. The van der Waals surface area contributed by atoms with E-state index in [2.05, 4.69) is 10.3 Å². The highest BCUT2D eigenvalue weighted by Crippen LogP contribution is 2.32. The summed E-state index contributed by atoms with van der Waals surface area (Å²) in [6.45, 7) is 2.83. The van der Waals surface area contributed by atoms with Gasteiger partial charge in [-0.2, -0.15) is 4.31 Å². The molecule has 1 aromatic carbocycles. The fourth-order valence-electron chi connectivity index (χ4n) is 3.22. The lowest BCUT2D eigenvalue weighted by Gasteiger charge is -2.22. The fourth-order valence-corrected chi connectivity index (χ4v) is 6.89. The molecule has 0 bridgehead atoms. The maximum atomic E-state index is 12.8. The number of rotatable bonds is 6. The number of thiazole rings is 1. The monoisotopic (exact) mass is 437 g/mol. The summed E-state index contributed by atoms with van der Waals surface area (Å²) >= 11 is 2.50. The smallest absolute Gasteiger partial charge is 0.253 e. The number of benzene rings is 1. The van der Waals surface area contributed by atoms with Crippen LogP contribution in [0.5, 0.6) is 5.75 Å². The average molecular weight is 438 g/mol. The van der Waals surface area contributed by atoms with Gasteiger partial charge < -0.3 is 10.1 Å². The van der Waals surface area contributed by atoms with E-state index in [1.54, 1.807) is 17.5 Å². The summed E-state index contributed by atoms with van der Waals surface area (Å²) in [6, 6.07) is 8.10. The molecular formula is C18H19N3O4S3. The lowest BCUT2D eigenvalue weighted by molar-refractivity contribution is -0.119. The number of amides is 1. The molecule has 1 aliphatic heterocycles. The van der Waals surface area contributed by atoms with Crippen molar-refractivity contribution in [2.75, 3.05) is 18.5 Å². The molecule has 10 heteroatoms. The second-order valence-electron chi connectivity index (χ2n) is 6.28. The molecule has 1 fully saturated rings. The first-order chi connectivity index (χ1) is 13.5. The van der Waals surface area contributed by atoms with Crippen molar-refractivity contribution in [1.29, 1.82) is 0 Å². The summed E-state index contributed by atoms with van der Waals surface area (Å²) in [5.74, 6) is 0.405. The standard InChI is InChI=1S/C18H19N3O4S3/c1-2-25-12-7-8-13-15(11-12)27-18(19-13)20-17(22)14-5-3-9-21(14)28(23,24)16-6-4-10-26-16/h4,6-8,10-11,14H,2-3,5,9H2,1H3,(H,19,20,22). The Balaban J connectivity index is 1.53. The van der Waals surface area contributed by atoms with E-state index in [0.29, 0.717) is 31.1 Å². The average Bonchev–Trinajstić information content (AvgIpc) is 3.41. The van der Waals surface area contributed by atoms with Crippen molar-refractivity contribution in [2.45, 2.75) is 30.0 Å². The van der Waals surface area contributed by atoms with Crippen molar-refractivity contribution in [1.82, 2.24) is 9.29 Å². The molecule has 7 nitrogen and oxygen atoms in total. The summed E-state index contributed by atoms with van der Waals surface area (Å²) in [5, 5.41) is 4.97. The molecule has 1 unspecified atom stereocenters. The van der Waals surface area contributed by atoms with Gasteiger partial charge >= 0.3 is 0 Å². The number of nitrogens with one attached hydrogen (secondary N) is 1. The van der Waals surface area contributed by atoms with Gasteiger partial charge in [-0.3, -0.25) is 4.79 Å². The number of hydrogen-bond donors (Lipinski definition) is 1. The Kier molecular flexibility index (Phi) is 5.37. The van der Waals surface area contributed by atoms with Crippen LogP contribution in [0.3, 0.4) is 0 Å². The molecule has 148 valence electrons. The lowest BCUT2D eigenvalue weighted by Crippen LogP contribution is -2.42. The van der Waals surface area contributed by atoms with E-state index in [9.17, 15) is 13.2 Å². The van der Waals surface area contributed by atoms with Crippen molar-refractivity contribution < 1.29 is 17.9 Å². The molecular weight excluding hydrogens is 418 g/mol. The van der Waals surface area contributed by atoms with Crippen LogP contribution in [-0.4, -0.2) is 42.8 Å². The Morgan fingerprint density at radius 3 is 3.00 bits per heavy atom. The van der Waals surface area contributed by atoms with E-state index in [4.69, 9.17) is 4.74 Å². The van der Waals surface area contributed by atoms with E-state index in [1.165, 1.54) is 15.6 Å². The zero-order valence-electron chi connectivity index (χ0n) is 15.1. The number of ether oxygens (including phenoxy) is 1. The van der Waals surface area contributed by atoms with Gasteiger partial charge in [-0.15, -0.1) is 11.3 Å². The summed E-state index contributed by atoms with van der Waals surface area (Å²) < 4.78 is 33.6. The predicted octanol–water partition coefficient (Wildman–Crippen LogP) is 3.55. The zero-order chi connectivity index (χ0) is 19.7. The number of anilines is 1. The Morgan fingerprint density at radius 1 is 1.39 bits per heavy atom. The first kappa shape index (κ1) is 19.3. The lowest BCUT2D eigenvalue weighted by atomic mass is 10.2. The maximum absolute atomic E-state index is 12.8. The number of thiophene rings is 1. The van der Waals surface area contributed by atoms with E-state index in [-0.39, 0.29) is 10.1 Å². The number of carbonyl (C=O) groups is 1. The third kappa shape index (κ3) is 3.64. The summed E-state index contributed by atoms with van der Waals surface area (Å²) in [7, 11) is -3.66. The van der Waals surface area contributed by atoms with Gasteiger partial charge in [-0.1, -0.05) is 17.4 Å². The van der Waals surface area contributed by atoms with Gasteiger partial charge in [-0.05, 0) is 49.4 Å². The van der Waals surface area contributed by atoms with Crippen LogP contribution in [-0.2, 0) is 14.8 Å². The summed E-state index contributed by atoms with van der Waals surface area (Å²) in [6.07, 6.45) is 1.15. The van der Waals surface area contributed by atoms with Crippen molar-refractivity contribution in [3.8, 4) is 5.75 Å². The van der Waals surface area contributed by atoms with E-state index in [1.807, 2.05) is 25.1 Å². The van der Waals surface area contributed by atoms with Gasteiger partial charge in [0.15, 0.2) is 5.13 Å². The van der Waals surface area contributed by atoms with Gasteiger partial charge in [-0.25, -0.2) is 13.4 Å². The van der Waals surface area contributed by atoms with Crippen molar-refractivity contribution in [2.24, 2.45) is 0 Å². The van der Waals surface area contributed by atoms with Crippen LogP contribution in [0.1, 0.15) is 19.8 Å². The normalized spacial score (nSPS) is 17.8. The van der Waals surface area contributed by atoms with Crippen molar-refractivity contribution in [3.05, 3.63) is 35.7 Å². The predicted molar refractivity (Wildman–Crippen MR) is 111 cm³/mol. The number of fused-ring (bicyclic) bond motifs is 1. The minimum absolute atomic E-state index is 0.260. The number of aromatic nitrogens is 1. The number of carbonyl (C=O) groups excluding carboxylic acids is 1. The molecule has 2 aromatic heterocycles. The molecule has 3 heterocycles. The molecule has 1 amide bonds. The van der Waals surface area contributed by atoms with Crippen LogP contribution in [0.15, 0.2) is 39.9 Å². The second-order valence-corrected chi connectivity index (χ2v) is 10.4. The third-order valence-electron chi connectivity index (χ3n) is 4.47. The molecule has 4 rings (SSSR count). The quantitative estimate of drug-likeness (QED) is 0.637. The first-order valence-electron chi connectivity index (χ1n) is 8.88. The van der Waals surface area contributed by atoms with Crippen LogP contribution in [0.2, 0.25) is 0 Å². The second kappa shape index (κ2) is 7.78. The zero-order valence-corrected chi connectivity index (χ0v) is 17.6. The SMILES string of the molecule is CCOc1ccc2nc(NC(=O)C3CCCN3S(=O)(=O)c3cccs3)sc2c1. The molecule has 0 aliphatic carbocycles. The molecule has 3 aromatic rings. The van der Waals surface area contributed by atoms with Gasteiger partial charge in [0.1, 0.15) is 16.0 Å². The highest BCUT2D eigenvalue weighted by Gasteiger charge is 2.40. The van der Waals surface area contributed by atoms with Crippen LogP contribution >= 0.6 is 22.7 Å². The maximum Gasteiger partial charge on any atom is 0.253 e. The Morgan fingerprint density at radius 2 is 2.25 bits per heavy atom. The van der Waals surface area contributed by atoms with E-state index < -0.39 is 16.1 Å². The van der Waals surface area contributed by atoms with Crippen LogP contribution in [0.25, 0.3) is 10.2 Å². The van der Waals surface area contributed by atoms with Crippen LogP contribution < -0.4 is 10.1 Å². The van der Waals surface area contributed by atoms with Crippen LogP contribution in [0.4, 0.5) is 5.13 Å². The topological polar surface area (TPSA) is 88.6 Å². The van der Waals surface area contributed by atoms with E-state index in [0.717, 1.165) is 27.3 Å². The van der Waals surface area contributed by atoms with Gasteiger partial charge in [0, 0.05) is 6.54 Å². The number of hydrogen-bond acceptors (Lipinski definition) is 7. The molecule has 1 aliphatic rings. The summed E-state index contributed by atoms with van der Waals surface area (Å²) in [4.78, 5) is 17.2. The first-order valence-corrected chi connectivity index (χ1v) is 12.0. The minimum Gasteiger partial charge on any atom is -0.494 e. The Labute approximate surface area is 171 Å². The number of sulfonamides is 1. The van der Waals surface area contributed by atoms with Gasteiger partial charge in [0.25, 0.3) is 10.0 Å². The Hall–Kier alpha value is -2.01. The van der Waals surface area contributed by atoms with Crippen molar-refractivity contribution >= 4 is 54.0 Å². The van der Waals surface area contributed by atoms with Gasteiger partial charge in [0.05, 0.1) is 16.8 Å². The fraction of sp³-hybridized carbons (Fsp3) is 0.333. The van der Waals surface area contributed by atoms with E-state index >= 15 is 0 Å². The van der Waals surface area contributed by atoms with Gasteiger partial charge in [0.2, 0.25) is 5.91 Å².